The van der Waals surface area contributed by atoms with E-state index in [1.54, 1.807) is 11.5 Å². The highest BCUT2D eigenvalue weighted by molar-refractivity contribution is 7.99. The molecule has 148 valence electrons. The number of amides is 1. The van der Waals surface area contributed by atoms with Crippen LogP contribution in [0, 0.1) is 18.8 Å². The lowest BCUT2D eigenvalue weighted by atomic mass is 9.96. The quantitative estimate of drug-likeness (QED) is 0.571. The van der Waals surface area contributed by atoms with Crippen molar-refractivity contribution in [1.82, 2.24) is 14.5 Å². The number of nitrogens with zero attached hydrogens (tertiary/aromatic N) is 3. The molecule has 2 aliphatic rings. The fraction of sp³-hybridized carbons (Fsp3) is 0.684. The second-order valence-electron chi connectivity index (χ2n) is 7.09. The largest absolute Gasteiger partial charge is 0.466 e. The number of thioether (sulfide) groups is 1. The van der Waals surface area contributed by atoms with Crippen molar-refractivity contribution >= 4 is 23.6 Å². The summed E-state index contributed by atoms with van der Waals surface area (Å²) in [5.74, 6) is 0.201. The molecule has 0 aromatic carbocycles. The van der Waals surface area contributed by atoms with E-state index in [2.05, 4.69) is 4.98 Å². The molecule has 0 radical (unpaired) electrons. The summed E-state index contributed by atoms with van der Waals surface area (Å²) in [5.41, 5.74) is 1.49. The summed E-state index contributed by atoms with van der Waals surface area (Å²) >= 11 is 1.48. The van der Waals surface area contributed by atoms with Crippen molar-refractivity contribution in [3.05, 3.63) is 21.6 Å². The number of aryl methyl sites for hydroxylation is 1. The molecule has 7 nitrogen and oxygen atoms in total. The smallest absolute Gasteiger partial charge is 0.309 e. The Hall–Kier alpha value is -1.83. The van der Waals surface area contributed by atoms with Crippen molar-refractivity contribution in [3.8, 4) is 0 Å². The van der Waals surface area contributed by atoms with Gasteiger partial charge < -0.3 is 9.64 Å². The number of carbonyl (C=O) groups is 2. The third-order valence-electron chi connectivity index (χ3n) is 5.38. The molecule has 1 unspecified atom stereocenters. The molecule has 0 saturated carbocycles. The molecule has 3 rings (SSSR count). The van der Waals surface area contributed by atoms with Crippen LogP contribution in [0.5, 0.6) is 0 Å². The molecule has 1 fully saturated rings. The van der Waals surface area contributed by atoms with Gasteiger partial charge in [0.25, 0.3) is 5.56 Å². The van der Waals surface area contributed by atoms with Crippen LogP contribution in [-0.2, 0) is 27.3 Å². The highest BCUT2D eigenvalue weighted by Gasteiger charge is 2.34. The molecule has 27 heavy (non-hydrogen) atoms. The average Bonchev–Trinajstić information content (AvgIpc) is 2.68. The van der Waals surface area contributed by atoms with Crippen LogP contribution in [0.3, 0.4) is 0 Å². The van der Waals surface area contributed by atoms with E-state index in [0.29, 0.717) is 56.4 Å². The lowest BCUT2D eigenvalue weighted by molar-refractivity contribution is -0.151. The predicted octanol–water partition coefficient (Wildman–Crippen LogP) is 1.64. The standard InChI is InChI=1S/C19H27N3O4S/c1-4-15-12(3)20-19-22(17(15)24)10-14(11-27-19)16(23)21-8-6-13(7-9-21)18(25)26-5-2/h13-14H,4-11H2,1-3H3. The number of esters is 1. The highest BCUT2D eigenvalue weighted by atomic mass is 32.2. The Labute approximate surface area is 163 Å². The summed E-state index contributed by atoms with van der Waals surface area (Å²) in [6.45, 7) is 7.53. The zero-order chi connectivity index (χ0) is 19.6. The maximum absolute atomic E-state index is 13.0. The van der Waals surface area contributed by atoms with Crippen molar-refractivity contribution in [3.63, 3.8) is 0 Å². The fourth-order valence-corrected chi connectivity index (χ4v) is 4.92. The monoisotopic (exact) mass is 393 g/mol. The molecule has 1 saturated heterocycles. The Morgan fingerprint density at radius 3 is 2.56 bits per heavy atom. The van der Waals surface area contributed by atoms with Gasteiger partial charge in [-0.15, -0.1) is 0 Å². The Bertz CT molecular complexity index is 784. The molecule has 1 atom stereocenters. The Balaban J connectivity index is 1.67. The first-order valence-corrected chi connectivity index (χ1v) is 10.6. The van der Waals surface area contributed by atoms with Crippen LogP contribution in [0.15, 0.2) is 9.95 Å². The van der Waals surface area contributed by atoms with E-state index < -0.39 is 0 Å². The maximum Gasteiger partial charge on any atom is 0.309 e. The van der Waals surface area contributed by atoms with Crippen molar-refractivity contribution in [2.45, 2.75) is 51.7 Å². The summed E-state index contributed by atoms with van der Waals surface area (Å²) in [7, 11) is 0. The minimum atomic E-state index is -0.228. The van der Waals surface area contributed by atoms with Crippen LogP contribution >= 0.6 is 11.8 Å². The number of carbonyl (C=O) groups excluding carboxylic acids is 2. The summed E-state index contributed by atoms with van der Waals surface area (Å²) in [6, 6.07) is 0. The number of aromatic nitrogens is 2. The van der Waals surface area contributed by atoms with E-state index in [1.165, 1.54) is 11.8 Å². The van der Waals surface area contributed by atoms with Gasteiger partial charge in [-0.3, -0.25) is 19.0 Å². The number of likely N-dealkylation sites (tertiary alicyclic amines) is 1. The van der Waals surface area contributed by atoms with Gasteiger partial charge in [0.2, 0.25) is 5.91 Å². The average molecular weight is 394 g/mol. The molecule has 0 spiro atoms. The summed E-state index contributed by atoms with van der Waals surface area (Å²) in [6.07, 6.45) is 1.92. The Morgan fingerprint density at radius 2 is 1.93 bits per heavy atom. The summed E-state index contributed by atoms with van der Waals surface area (Å²) in [5, 5.41) is 0.708. The number of rotatable bonds is 4. The zero-order valence-electron chi connectivity index (χ0n) is 16.2. The second-order valence-corrected chi connectivity index (χ2v) is 8.07. The van der Waals surface area contributed by atoms with Crippen LogP contribution < -0.4 is 5.56 Å². The molecule has 1 aromatic heterocycles. The van der Waals surface area contributed by atoms with E-state index >= 15 is 0 Å². The van der Waals surface area contributed by atoms with Crippen LogP contribution in [0.2, 0.25) is 0 Å². The topological polar surface area (TPSA) is 81.5 Å². The van der Waals surface area contributed by atoms with Gasteiger partial charge in [0.15, 0.2) is 5.16 Å². The molecule has 3 heterocycles. The first-order valence-electron chi connectivity index (χ1n) is 9.64. The first-order chi connectivity index (χ1) is 13.0. The maximum atomic E-state index is 13.0. The van der Waals surface area contributed by atoms with Gasteiger partial charge in [-0.05, 0) is 33.1 Å². The van der Waals surface area contributed by atoms with Crippen LogP contribution in [0.1, 0.15) is 37.9 Å². The van der Waals surface area contributed by atoms with E-state index in [0.717, 1.165) is 11.3 Å². The van der Waals surface area contributed by atoms with Crippen molar-refractivity contribution in [2.75, 3.05) is 25.4 Å². The van der Waals surface area contributed by atoms with Gasteiger partial charge in [-0.1, -0.05) is 18.7 Å². The normalized spacial score (nSPS) is 20.3. The van der Waals surface area contributed by atoms with Gasteiger partial charge in [-0.25, -0.2) is 4.98 Å². The number of piperidine rings is 1. The molecule has 0 bridgehead atoms. The molecular formula is C19H27N3O4S. The van der Waals surface area contributed by atoms with E-state index in [9.17, 15) is 14.4 Å². The highest BCUT2D eigenvalue weighted by Crippen LogP contribution is 2.28. The number of fused-ring (bicyclic) bond motifs is 1. The van der Waals surface area contributed by atoms with Crippen LogP contribution in [0.4, 0.5) is 0 Å². The molecule has 2 aliphatic heterocycles. The van der Waals surface area contributed by atoms with Gasteiger partial charge >= 0.3 is 5.97 Å². The van der Waals surface area contributed by atoms with Gasteiger partial charge in [-0.2, -0.15) is 0 Å². The van der Waals surface area contributed by atoms with Crippen molar-refractivity contribution in [1.29, 1.82) is 0 Å². The van der Waals surface area contributed by atoms with Crippen molar-refractivity contribution < 1.29 is 14.3 Å². The van der Waals surface area contributed by atoms with E-state index in [4.69, 9.17) is 4.74 Å². The van der Waals surface area contributed by atoms with E-state index in [-0.39, 0.29) is 29.3 Å². The molecule has 8 heteroatoms. The van der Waals surface area contributed by atoms with Gasteiger partial charge in [0.1, 0.15) is 0 Å². The molecule has 0 N–H and O–H groups in total. The van der Waals surface area contributed by atoms with Crippen LogP contribution in [-0.4, -0.2) is 51.8 Å². The SMILES string of the molecule is CCOC(=O)C1CCN(C(=O)C2CSc3nc(C)c(CC)c(=O)n3C2)CC1. The van der Waals surface area contributed by atoms with Gasteiger partial charge in [0.05, 0.1) is 18.4 Å². The minimum absolute atomic E-state index is 0.0222. The predicted molar refractivity (Wildman–Crippen MR) is 103 cm³/mol. The van der Waals surface area contributed by atoms with Crippen LogP contribution in [0.25, 0.3) is 0 Å². The van der Waals surface area contributed by atoms with Crippen molar-refractivity contribution in [2.24, 2.45) is 11.8 Å². The fourth-order valence-electron chi connectivity index (χ4n) is 3.81. The van der Waals surface area contributed by atoms with Gasteiger partial charge in [0, 0.05) is 36.6 Å². The molecule has 1 aromatic rings. The van der Waals surface area contributed by atoms with E-state index in [1.807, 2.05) is 18.7 Å². The summed E-state index contributed by atoms with van der Waals surface area (Å²) in [4.78, 5) is 43.9. The minimum Gasteiger partial charge on any atom is -0.466 e. The second kappa shape index (κ2) is 8.46. The number of hydrogen-bond donors (Lipinski definition) is 0. The zero-order valence-corrected chi connectivity index (χ0v) is 17.0. The Morgan fingerprint density at radius 1 is 1.22 bits per heavy atom. The molecule has 1 amide bonds. The number of ether oxygens (including phenoxy) is 1. The third-order valence-corrected chi connectivity index (χ3v) is 6.52. The Kier molecular flexibility index (Phi) is 6.24. The lowest BCUT2D eigenvalue weighted by Crippen LogP contribution is -2.46. The lowest BCUT2D eigenvalue weighted by Gasteiger charge is -2.34. The number of hydrogen-bond acceptors (Lipinski definition) is 6. The third kappa shape index (κ3) is 4.05. The molecular weight excluding hydrogens is 366 g/mol. The summed E-state index contributed by atoms with van der Waals surface area (Å²) < 4.78 is 6.75. The first kappa shape index (κ1) is 19.9. The molecule has 0 aliphatic carbocycles.